The summed E-state index contributed by atoms with van der Waals surface area (Å²) in [5.74, 6) is 1.07. The average molecular weight is 289 g/mol. The summed E-state index contributed by atoms with van der Waals surface area (Å²) in [7, 11) is 1.61. The minimum Gasteiger partial charge on any atom is -0.495 e. The van der Waals surface area contributed by atoms with Gasteiger partial charge in [0.05, 0.1) is 19.3 Å². The number of nitrogens with zero attached hydrogens (tertiary/aromatic N) is 1. The molecule has 1 aliphatic carbocycles. The third kappa shape index (κ3) is 5.10. The van der Waals surface area contributed by atoms with Crippen LogP contribution in [0.3, 0.4) is 0 Å². The van der Waals surface area contributed by atoms with Gasteiger partial charge in [-0.25, -0.2) is 5.43 Å². The zero-order valence-electron chi connectivity index (χ0n) is 12.5. The van der Waals surface area contributed by atoms with Crippen molar-refractivity contribution in [3.63, 3.8) is 0 Å². The highest BCUT2D eigenvalue weighted by Crippen LogP contribution is 2.23. The number of anilines is 1. The predicted molar refractivity (Wildman–Crippen MR) is 84.7 cm³/mol. The van der Waals surface area contributed by atoms with Crippen molar-refractivity contribution < 1.29 is 9.53 Å². The SMILES string of the molecule is COc1ccccc1NCC(=O)N/N=C\C1CCCCC1. The molecule has 0 atom stereocenters. The number of nitrogens with one attached hydrogen (secondary N) is 2. The van der Waals surface area contributed by atoms with Crippen molar-refractivity contribution in [2.45, 2.75) is 32.1 Å². The highest BCUT2D eigenvalue weighted by atomic mass is 16.5. The monoisotopic (exact) mass is 289 g/mol. The number of para-hydroxylation sites is 2. The molecule has 21 heavy (non-hydrogen) atoms. The molecule has 1 aromatic carbocycles. The van der Waals surface area contributed by atoms with Crippen LogP contribution in [0, 0.1) is 5.92 Å². The Morgan fingerprint density at radius 3 is 2.86 bits per heavy atom. The zero-order valence-corrected chi connectivity index (χ0v) is 12.5. The van der Waals surface area contributed by atoms with Crippen molar-refractivity contribution in [1.29, 1.82) is 0 Å². The topological polar surface area (TPSA) is 62.7 Å². The molecule has 0 aromatic heterocycles. The van der Waals surface area contributed by atoms with Crippen LogP contribution in [0.15, 0.2) is 29.4 Å². The maximum Gasteiger partial charge on any atom is 0.259 e. The van der Waals surface area contributed by atoms with Crippen LogP contribution >= 0.6 is 0 Å². The summed E-state index contributed by atoms with van der Waals surface area (Å²) in [5.41, 5.74) is 3.36. The predicted octanol–water partition coefficient (Wildman–Crippen LogP) is 2.79. The quantitative estimate of drug-likeness (QED) is 0.625. The summed E-state index contributed by atoms with van der Waals surface area (Å²) in [6.45, 7) is 0.169. The number of benzene rings is 1. The van der Waals surface area contributed by atoms with Crippen LogP contribution in [-0.2, 0) is 4.79 Å². The van der Waals surface area contributed by atoms with Crippen molar-refractivity contribution >= 4 is 17.8 Å². The van der Waals surface area contributed by atoms with Crippen LogP contribution in [-0.4, -0.2) is 25.8 Å². The third-order valence-corrected chi connectivity index (χ3v) is 3.67. The van der Waals surface area contributed by atoms with Crippen molar-refractivity contribution in [3.8, 4) is 5.75 Å². The number of carbonyl (C=O) groups excluding carboxylic acids is 1. The second-order valence-electron chi connectivity index (χ2n) is 5.27. The Kier molecular flexibility index (Phi) is 6.06. The number of hydrogen-bond donors (Lipinski definition) is 2. The van der Waals surface area contributed by atoms with E-state index in [9.17, 15) is 4.79 Å². The number of hydrazone groups is 1. The van der Waals surface area contributed by atoms with E-state index in [1.54, 1.807) is 7.11 Å². The molecule has 0 saturated heterocycles. The van der Waals surface area contributed by atoms with E-state index in [-0.39, 0.29) is 12.5 Å². The van der Waals surface area contributed by atoms with Gasteiger partial charge in [0, 0.05) is 6.21 Å². The Morgan fingerprint density at radius 1 is 1.33 bits per heavy atom. The summed E-state index contributed by atoms with van der Waals surface area (Å²) in [5, 5.41) is 7.10. The maximum atomic E-state index is 11.7. The molecule has 2 N–H and O–H groups in total. The molecule has 1 aliphatic rings. The van der Waals surface area contributed by atoms with E-state index in [1.807, 2.05) is 30.5 Å². The number of carbonyl (C=O) groups is 1. The minimum atomic E-state index is -0.159. The van der Waals surface area contributed by atoms with Gasteiger partial charge < -0.3 is 10.1 Å². The Balaban J connectivity index is 1.73. The number of methoxy groups -OCH3 is 1. The molecule has 0 radical (unpaired) electrons. The second kappa shape index (κ2) is 8.29. The van der Waals surface area contributed by atoms with Gasteiger partial charge in [0.25, 0.3) is 5.91 Å². The number of hydrogen-bond acceptors (Lipinski definition) is 4. The summed E-state index contributed by atoms with van der Waals surface area (Å²) in [6.07, 6.45) is 8.08. The van der Waals surface area contributed by atoms with Crippen molar-refractivity contribution in [3.05, 3.63) is 24.3 Å². The first kappa shape index (κ1) is 15.4. The molecular formula is C16H23N3O2. The number of ether oxygens (including phenoxy) is 1. The van der Waals surface area contributed by atoms with Crippen LogP contribution < -0.4 is 15.5 Å². The lowest BCUT2D eigenvalue weighted by atomic mass is 9.90. The van der Waals surface area contributed by atoms with E-state index in [1.165, 1.54) is 32.1 Å². The fourth-order valence-electron chi connectivity index (χ4n) is 2.50. The largest absolute Gasteiger partial charge is 0.495 e. The first-order chi connectivity index (χ1) is 10.3. The number of amides is 1. The summed E-state index contributed by atoms with van der Waals surface area (Å²) >= 11 is 0. The van der Waals surface area contributed by atoms with Crippen LogP contribution in [0.2, 0.25) is 0 Å². The van der Waals surface area contributed by atoms with Gasteiger partial charge in [0.15, 0.2) is 0 Å². The van der Waals surface area contributed by atoms with E-state index in [0.29, 0.717) is 5.92 Å². The molecule has 0 spiro atoms. The molecule has 5 nitrogen and oxygen atoms in total. The van der Waals surface area contributed by atoms with E-state index in [0.717, 1.165) is 11.4 Å². The standard InChI is InChI=1S/C16H23N3O2/c1-21-15-10-6-5-9-14(15)17-12-16(20)19-18-11-13-7-3-2-4-8-13/h5-6,9-11,13,17H,2-4,7-8,12H2,1H3,(H,19,20)/b18-11-. The van der Waals surface area contributed by atoms with Gasteiger partial charge in [0.2, 0.25) is 0 Å². The highest BCUT2D eigenvalue weighted by molar-refractivity contribution is 5.81. The first-order valence-electron chi connectivity index (χ1n) is 7.48. The zero-order chi connectivity index (χ0) is 14.9. The van der Waals surface area contributed by atoms with E-state index in [2.05, 4.69) is 15.8 Å². The van der Waals surface area contributed by atoms with E-state index < -0.39 is 0 Å². The molecule has 114 valence electrons. The Bertz CT molecular complexity index is 482. The highest BCUT2D eigenvalue weighted by Gasteiger charge is 2.10. The molecule has 0 aliphatic heterocycles. The van der Waals surface area contributed by atoms with Gasteiger partial charge >= 0.3 is 0 Å². The second-order valence-corrected chi connectivity index (χ2v) is 5.27. The normalized spacial score (nSPS) is 15.9. The lowest BCUT2D eigenvalue weighted by Crippen LogP contribution is -2.26. The Labute approximate surface area is 125 Å². The Morgan fingerprint density at radius 2 is 2.10 bits per heavy atom. The molecule has 5 heteroatoms. The summed E-state index contributed by atoms with van der Waals surface area (Å²) in [4.78, 5) is 11.7. The fraction of sp³-hybridized carbons (Fsp3) is 0.500. The molecule has 1 fully saturated rings. The molecule has 2 rings (SSSR count). The van der Waals surface area contributed by atoms with Crippen LogP contribution in [0.25, 0.3) is 0 Å². The van der Waals surface area contributed by atoms with Gasteiger partial charge in [-0.15, -0.1) is 0 Å². The molecule has 0 bridgehead atoms. The lowest BCUT2D eigenvalue weighted by Gasteiger charge is -2.16. The maximum absolute atomic E-state index is 11.7. The smallest absolute Gasteiger partial charge is 0.259 e. The molecule has 0 unspecified atom stereocenters. The van der Waals surface area contributed by atoms with Crippen molar-refractivity contribution in [2.75, 3.05) is 19.0 Å². The minimum absolute atomic E-state index is 0.159. The van der Waals surface area contributed by atoms with Crippen LogP contribution in [0.1, 0.15) is 32.1 Å². The molecular weight excluding hydrogens is 266 g/mol. The van der Waals surface area contributed by atoms with Gasteiger partial charge in [0.1, 0.15) is 5.75 Å². The molecule has 1 amide bonds. The van der Waals surface area contributed by atoms with E-state index >= 15 is 0 Å². The average Bonchev–Trinajstić information content (AvgIpc) is 2.54. The van der Waals surface area contributed by atoms with Gasteiger partial charge in [-0.05, 0) is 30.9 Å². The van der Waals surface area contributed by atoms with Crippen molar-refractivity contribution in [1.82, 2.24) is 5.43 Å². The molecule has 0 heterocycles. The van der Waals surface area contributed by atoms with Gasteiger partial charge in [-0.3, -0.25) is 4.79 Å². The Hall–Kier alpha value is -2.04. The number of rotatable bonds is 6. The van der Waals surface area contributed by atoms with Gasteiger partial charge in [-0.2, -0.15) is 5.10 Å². The van der Waals surface area contributed by atoms with Crippen LogP contribution in [0.4, 0.5) is 5.69 Å². The third-order valence-electron chi connectivity index (χ3n) is 3.67. The fourth-order valence-corrected chi connectivity index (χ4v) is 2.50. The van der Waals surface area contributed by atoms with E-state index in [4.69, 9.17) is 4.74 Å². The summed E-state index contributed by atoms with van der Waals surface area (Å²) < 4.78 is 5.21. The lowest BCUT2D eigenvalue weighted by molar-refractivity contribution is -0.119. The first-order valence-corrected chi connectivity index (χ1v) is 7.48. The van der Waals surface area contributed by atoms with Gasteiger partial charge in [-0.1, -0.05) is 31.4 Å². The molecule has 1 saturated carbocycles. The summed E-state index contributed by atoms with van der Waals surface area (Å²) in [6, 6.07) is 7.50. The van der Waals surface area contributed by atoms with Crippen LogP contribution in [0.5, 0.6) is 5.75 Å². The van der Waals surface area contributed by atoms with Crippen molar-refractivity contribution in [2.24, 2.45) is 11.0 Å². The molecule has 1 aromatic rings.